The monoisotopic (exact) mass is 418 g/mol. The van der Waals surface area contributed by atoms with E-state index in [-0.39, 0.29) is 12.4 Å². The maximum atomic E-state index is 14.5. The third kappa shape index (κ3) is 3.21. The molecule has 0 bridgehead atoms. The SMILES string of the molecule is C=N/N=c1/c(-c2cccn3ncnc23)cnc(NCc2c(F)ccc3c2CCO3)n1C. The molecule has 1 aliphatic heterocycles. The molecule has 5 rings (SSSR count). The quantitative estimate of drug-likeness (QED) is 0.397. The van der Waals surface area contributed by atoms with Gasteiger partial charge in [-0.2, -0.15) is 10.2 Å². The van der Waals surface area contributed by atoms with E-state index in [1.807, 2.05) is 25.4 Å². The van der Waals surface area contributed by atoms with E-state index < -0.39 is 0 Å². The van der Waals surface area contributed by atoms with E-state index >= 15 is 0 Å². The van der Waals surface area contributed by atoms with Crippen molar-refractivity contribution in [2.75, 3.05) is 11.9 Å². The van der Waals surface area contributed by atoms with Crippen LogP contribution in [0, 0.1) is 5.82 Å². The van der Waals surface area contributed by atoms with Crippen molar-refractivity contribution < 1.29 is 9.13 Å². The molecule has 4 aromatic rings. The number of fused-ring (bicyclic) bond motifs is 2. The summed E-state index contributed by atoms with van der Waals surface area (Å²) in [5.41, 5.74) is 4.20. The first-order valence-electron chi connectivity index (χ1n) is 9.69. The minimum absolute atomic E-state index is 0.263. The maximum absolute atomic E-state index is 14.5. The van der Waals surface area contributed by atoms with Crippen LogP contribution in [-0.4, -0.2) is 37.5 Å². The summed E-state index contributed by atoms with van der Waals surface area (Å²) in [6.07, 6.45) is 5.67. The van der Waals surface area contributed by atoms with Gasteiger partial charge in [-0.05, 0) is 24.3 Å². The van der Waals surface area contributed by atoms with Gasteiger partial charge in [0.15, 0.2) is 11.1 Å². The molecule has 4 heterocycles. The highest BCUT2D eigenvalue weighted by atomic mass is 19.1. The van der Waals surface area contributed by atoms with Gasteiger partial charge < -0.3 is 10.1 Å². The summed E-state index contributed by atoms with van der Waals surface area (Å²) in [4.78, 5) is 8.87. The van der Waals surface area contributed by atoms with Gasteiger partial charge in [-0.3, -0.25) is 4.57 Å². The van der Waals surface area contributed by atoms with Gasteiger partial charge in [-0.15, -0.1) is 5.10 Å². The van der Waals surface area contributed by atoms with Crippen molar-refractivity contribution in [3.8, 4) is 16.9 Å². The normalized spacial score (nSPS) is 13.3. The number of nitrogens with zero attached hydrogens (tertiary/aromatic N) is 7. The molecule has 0 saturated carbocycles. The van der Waals surface area contributed by atoms with Gasteiger partial charge >= 0.3 is 0 Å². The van der Waals surface area contributed by atoms with Crippen LogP contribution in [0.25, 0.3) is 16.8 Å². The van der Waals surface area contributed by atoms with Gasteiger partial charge in [0.25, 0.3) is 0 Å². The molecule has 0 atom stereocenters. The molecule has 31 heavy (non-hydrogen) atoms. The predicted molar refractivity (Wildman–Crippen MR) is 113 cm³/mol. The van der Waals surface area contributed by atoms with Crippen LogP contribution in [0.1, 0.15) is 11.1 Å². The zero-order valence-electron chi connectivity index (χ0n) is 16.8. The first-order chi connectivity index (χ1) is 15.2. The molecule has 1 aliphatic rings. The lowest BCUT2D eigenvalue weighted by atomic mass is 10.0. The topological polar surface area (TPSA) is 94.0 Å². The Balaban J connectivity index is 1.55. The van der Waals surface area contributed by atoms with E-state index in [4.69, 9.17) is 4.74 Å². The molecule has 0 fully saturated rings. The van der Waals surface area contributed by atoms with Gasteiger partial charge in [0, 0.05) is 61.4 Å². The fraction of sp³-hybridized carbons (Fsp3) is 0.190. The Bertz CT molecular complexity index is 1370. The van der Waals surface area contributed by atoms with Crippen LogP contribution < -0.4 is 15.5 Å². The second kappa shape index (κ2) is 7.63. The highest BCUT2D eigenvalue weighted by molar-refractivity contribution is 5.76. The van der Waals surface area contributed by atoms with Crippen molar-refractivity contribution in [1.29, 1.82) is 0 Å². The van der Waals surface area contributed by atoms with Crippen LogP contribution >= 0.6 is 0 Å². The number of anilines is 1. The van der Waals surface area contributed by atoms with Crippen molar-refractivity contribution in [1.82, 2.24) is 24.1 Å². The minimum atomic E-state index is -0.271. The van der Waals surface area contributed by atoms with E-state index in [2.05, 4.69) is 37.3 Å². The smallest absolute Gasteiger partial charge is 0.204 e. The largest absolute Gasteiger partial charge is 0.493 e. The summed E-state index contributed by atoms with van der Waals surface area (Å²) in [6.45, 7) is 4.32. The number of benzene rings is 1. The second-order valence-electron chi connectivity index (χ2n) is 7.02. The number of rotatable bonds is 5. The molecule has 0 spiro atoms. The molecule has 10 heteroatoms. The molecular formula is C21H19FN8O. The van der Waals surface area contributed by atoms with Crippen LogP contribution in [0.3, 0.4) is 0 Å². The first-order valence-corrected chi connectivity index (χ1v) is 9.69. The molecule has 0 amide bonds. The van der Waals surface area contributed by atoms with E-state index in [9.17, 15) is 4.39 Å². The highest BCUT2D eigenvalue weighted by Crippen LogP contribution is 2.30. The molecule has 3 aromatic heterocycles. The second-order valence-corrected chi connectivity index (χ2v) is 7.02. The highest BCUT2D eigenvalue weighted by Gasteiger charge is 2.20. The Kier molecular flexibility index (Phi) is 4.66. The average molecular weight is 418 g/mol. The molecule has 0 aliphatic carbocycles. The molecule has 156 valence electrons. The Hall–Kier alpha value is -4.08. The molecule has 0 radical (unpaired) electrons. The predicted octanol–water partition coefficient (Wildman–Crippen LogP) is 2.33. The summed E-state index contributed by atoms with van der Waals surface area (Å²) in [5.74, 6) is 0.974. The number of nitrogens with one attached hydrogen (secondary N) is 1. The number of hydrogen-bond acceptors (Lipinski definition) is 7. The summed E-state index contributed by atoms with van der Waals surface area (Å²) in [7, 11) is 1.81. The Labute approximate surface area is 176 Å². The molecule has 9 nitrogen and oxygen atoms in total. The lowest BCUT2D eigenvalue weighted by Gasteiger charge is -2.15. The van der Waals surface area contributed by atoms with Crippen LogP contribution in [-0.2, 0) is 20.0 Å². The standard InChI is InChI=1S/C21H19FN8O/c1-23-28-20-16(14-4-3-8-30-19(14)26-12-27-30)11-25-21(29(20)2)24-10-15-13-7-9-31-18(13)6-5-17(15)22/h3-6,8,11-12H,1,7,9-10H2,2H3,(H,24,25)/b28-20-. The summed E-state index contributed by atoms with van der Waals surface area (Å²) >= 11 is 0. The Morgan fingerprint density at radius 2 is 2.16 bits per heavy atom. The van der Waals surface area contributed by atoms with Crippen molar-refractivity contribution >= 4 is 18.3 Å². The minimum Gasteiger partial charge on any atom is -0.493 e. The average Bonchev–Trinajstić information content (AvgIpc) is 3.44. The van der Waals surface area contributed by atoms with E-state index in [1.165, 1.54) is 12.4 Å². The van der Waals surface area contributed by atoms with E-state index in [0.717, 1.165) is 22.4 Å². The summed E-state index contributed by atoms with van der Waals surface area (Å²) in [5, 5.41) is 15.3. The van der Waals surface area contributed by atoms with Gasteiger partial charge in [-0.1, -0.05) is 0 Å². The first kappa shape index (κ1) is 18.9. The molecule has 0 unspecified atom stereocenters. The molecule has 0 saturated heterocycles. The van der Waals surface area contributed by atoms with Crippen molar-refractivity contribution in [3.05, 3.63) is 65.4 Å². The number of pyridine rings is 1. The fourth-order valence-electron chi connectivity index (χ4n) is 3.82. The Morgan fingerprint density at radius 1 is 1.26 bits per heavy atom. The van der Waals surface area contributed by atoms with Crippen LogP contribution in [0.15, 0.2) is 53.2 Å². The Morgan fingerprint density at radius 3 is 3.03 bits per heavy atom. The van der Waals surface area contributed by atoms with Crippen LogP contribution in [0.4, 0.5) is 10.3 Å². The molecule has 1 aromatic carbocycles. The maximum Gasteiger partial charge on any atom is 0.204 e. The van der Waals surface area contributed by atoms with Crippen LogP contribution in [0.5, 0.6) is 5.75 Å². The van der Waals surface area contributed by atoms with E-state index in [0.29, 0.717) is 35.7 Å². The molecular weight excluding hydrogens is 399 g/mol. The third-order valence-electron chi connectivity index (χ3n) is 5.32. The van der Waals surface area contributed by atoms with Gasteiger partial charge in [0.05, 0.1) is 6.61 Å². The van der Waals surface area contributed by atoms with Crippen molar-refractivity contribution in [2.24, 2.45) is 17.3 Å². The van der Waals surface area contributed by atoms with Gasteiger partial charge in [0.1, 0.15) is 17.9 Å². The van der Waals surface area contributed by atoms with Gasteiger partial charge in [0.2, 0.25) is 5.95 Å². The summed E-state index contributed by atoms with van der Waals surface area (Å²) in [6, 6.07) is 6.89. The van der Waals surface area contributed by atoms with Crippen molar-refractivity contribution in [3.63, 3.8) is 0 Å². The lowest BCUT2D eigenvalue weighted by molar-refractivity contribution is 0.356. The number of aromatic nitrogens is 5. The summed E-state index contributed by atoms with van der Waals surface area (Å²) < 4.78 is 23.4. The van der Waals surface area contributed by atoms with Gasteiger partial charge in [-0.25, -0.2) is 18.9 Å². The molecule has 1 N–H and O–H groups in total. The van der Waals surface area contributed by atoms with Crippen LogP contribution in [0.2, 0.25) is 0 Å². The number of hydrogen-bond donors (Lipinski definition) is 1. The van der Waals surface area contributed by atoms with Crippen molar-refractivity contribution in [2.45, 2.75) is 13.0 Å². The third-order valence-corrected chi connectivity index (χ3v) is 5.32. The zero-order valence-corrected chi connectivity index (χ0v) is 16.8. The fourth-order valence-corrected chi connectivity index (χ4v) is 3.82. The lowest BCUT2D eigenvalue weighted by Crippen LogP contribution is -2.25. The zero-order chi connectivity index (χ0) is 21.4. The number of ether oxygens (including phenoxy) is 1. The number of halogens is 1. The van der Waals surface area contributed by atoms with E-state index in [1.54, 1.807) is 21.3 Å².